The Labute approximate surface area is 373 Å². The Morgan fingerprint density at radius 3 is 1.41 bits per heavy atom. The predicted octanol–water partition coefficient (Wildman–Crippen LogP) is 17.2. The molecule has 0 aliphatic heterocycles. The summed E-state index contributed by atoms with van der Waals surface area (Å²) in [5.41, 5.74) is 16.5. The average molecular weight is 815 g/mol. The standard InChI is InChI=1S/C62H42N2/c1-5-18-43(19-6-1)47-24-17-27-51(40-47)63(52-37-39-60-57(42-52)55-29-15-16-31-59(55)64(60)49-25-11-4-12-26-49)50-35-32-44(33-36-50)48-34-38-54-53-28-13-14-30-56(53)61(45-20-7-2-8-21-45)62(58(54)41-48)46-22-9-3-10-23-46/h1-42H. The minimum absolute atomic E-state index is 1.09. The third-order valence-corrected chi connectivity index (χ3v) is 12.7. The summed E-state index contributed by atoms with van der Waals surface area (Å²) >= 11 is 0. The number of benzene rings is 11. The fourth-order valence-electron chi connectivity index (χ4n) is 9.84. The zero-order chi connectivity index (χ0) is 42.4. The maximum Gasteiger partial charge on any atom is 0.0542 e. The first-order chi connectivity index (χ1) is 31.8. The topological polar surface area (TPSA) is 8.17 Å². The Hall–Kier alpha value is -8.46. The van der Waals surface area contributed by atoms with Crippen molar-refractivity contribution in [1.82, 2.24) is 4.57 Å². The summed E-state index contributed by atoms with van der Waals surface area (Å²) in [7, 11) is 0. The highest BCUT2D eigenvalue weighted by atomic mass is 15.1. The quantitative estimate of drug-likeness (QED) is 0.139. The molecular formula is C62H42N2. The summed E-state index contributed by atoms with van der Waals surface area (Å²) in [5, 5.41) is 7.46. The molecule has 0 aliphatic rings. The molecule has 0 saturated heterocycles. The van der Waals surface area contributed by atoms with Crippen molar-refractivity contribution in [3.05, 3.63) is 255 Å². The molecule has 300 valence electrons. The van der Waals surface area contributed by atoms with Crippen LogP contribution in [0.5, 0.6) is 0 Å². The summed E-state index contributed by atoms with van der Waals surface area (Å²) in [4.78, 5) is 2.40. The van der Waals surface area contributed by atoms with E-state index in [0.717, 1.165) is 22.7 Å². The first kappa shape index (κ1) is 37.3. The van der Waals surface area contributed by atoms with E-state index in [1.165, 1.54) is 87.9 Å². The third-order valence-electron chi connectivity index (χ3n) is 12.7. The van der Waals surface area contributed by atoms with Gasteiger partial charge in [-0.1, -0.05) is 188 Å². The maximum atomic E-state index is 2.41. The number of aromatic nitrogens is 1. The second kappa shape index (κ2) is 15.8. The van der Waals surface area contributed by atoms with E-state index in [-0.39, 0.29) is 0 Å². The maximum absolute atomic E-state index is 2.41. The van der Waals surface area contributed by atoms with E-state index >= 15 is 0 Å². The number of rotatable bonds is 8. The minimum Gasteiger partial charge on any atom is -0.310 e. The highest BCUT2D eigenvalue weighted by molar-refractivity contribution is 6.22. The molecule has 0 atom stereocenters. The molecule has 1 aromatic heterocycles. The Morgan fingerprint density at radius 2 is 0.703 bits per heavy atom. The molecule has 0 saturated carbocycles. The van der Waals surface area contributed by atoms with E-state index in [4.69, 9.17) is 0 Å². The third kappa shape index (κ3) is 6.44. The van der Waals surface area contributed by atoms with Gasteiger partial charge in [-0.05, 0) is 133 Å². The molecule has 0 unspecified atom stereocenters. The second-order valence-electron chi connectivity index (χ2n) is 16.5. The molecule has 64 heavy (non-hydrogen) atoms. The molecule has 1 heterocycles. The van der Waals surface area contributed by atoms with Gasteiger partial charge in [-0.25, -0.2) is 0 Å². The molecule has 0 fully saturated rings. The van der Waals surface area contributed by atoms with Crippen molar-refractivity contribution < 1.29 is 0 Å². The van der Waals surface area contributed by atoms with Crippen molar-refractivity contribution in [2.24, 2.45) is 0 Å². The van der Waals surface area contributed by atoms with Crippen molar-refractivity contribution >= 4 is 60.4 Å². The van der Waals surface area contributed by atoms with Crippen LogP contribution in [-0.4, -0.2) is 4.57 Å². The Bertz CT molecular complexity index is 3630. The predicted molar refractivity (Wildman–Crippen MR) is 272 cm³/mol. The van der Waals surface area contributed by atoms with Crippen LogP contribution in [0.1, 0.15) is 0 Å². The molecule has 2 heteroatoms. The molecule has 0 aliphatic carbocycles. The lowest BCUT2D eigenvalue weighted by molar-refractivity contribution is 1.18. The molecule has 0 radical (unpaired) electrons. The van der Waals surface area contributed by atoms with Crippen molar-refractivity contribution in [3.8, 4) is 50.2 Å². The van der Waals surface area contributed by atoms with Gasteiger partial charge in [0.15, 0.2) is 0 Å². The highest BCUT2D eigenvalue weighted by Gasteiger charge is 2.20. The minimum atomic E-state index is 1.09. The monoisotopic (exact) mass is 814 g/mol. The summed E-state index contributed by atoms with van der Waals surface area (Å²) < 4.78 is 2.38. The molecule has 0 bridgehead atoms. The summed E-state index contributed by atoms with van der Waals surface area (Å²) in [5.74, 6) is 0. The largest absolute Gasteiger partial charge is 0.310 e. The van der Waals surface area contributed by atoms with E-state index in [2.05, 4.69) is 264 Å². The van der Waals surface area contributed by atoms with Gasteiger partial charge in [0.05, 0.1) is 11.0 Å². The fraction of sp³-hybridized carbons (Fsp3) is 0. The van der Waals surface area contributed by atoms with E-state index in [1.54, 1.807) is 0 Å². The Morgan fingerprint density at radius 1 is 0.234 bits per heavy atom. The molecule has 12 aromatic rings. The molecule has 2 nitrogen and oxygen atoms in total. The lowest BCUT2D eigenvalue weighted by atomic mass is 9.84. The highest BCUT2D eigenvalue weighted by Crippen LogP contribution is 2.46. The lowest BCUT2D eigenvalue weighted by Crippen LogP contribution is -2.10. The zero-order valence-corrected chi connectivity index (χ0v) is 35.1. The van der Waals surface area contributed by atoms with Gasteiger partial charge in [-0.15, -0.1) is 0 Å². The van der Waals surface area contributed by atoms with Crippen LogP contribution in [0, 0.1) is 0 Å². The molecule has 0 N–H and O–H groups in total. The van der Waals surface area contributed by atoms with Gasteiger partial charge in [0.25, 0.3) is 0 Å². The van der Waals surface area contributed by atoms with Crippen LogP contribution in [0.3, 0.4) is 0 Å². The van der Waals surface area contributed by atoms with E-state index in [0.29, 0.717) is 0 Å². The molecule has 11 aromatic carbocycles. The van der Waals surface area contributed by atoms with Crippen LogP contribution >= 0.6 is 0 Å². The lowest BCUT2D eigenvalue weighted by Gasteiger charge is -2.26. The molecule has 0 spiro atoms. The zero-order valence-electron chi connectivity index (χ0n) is 35.1. The number of anilines is 3. The first-order valence-electron chi connectivity index (χ1n) is 22.0. The molecule has 12 rings (SSSR count). The average Bonchev–Trinajstić information content (AvgIpc) is 3.71. The van der Waals surface area contributed by atoms with Crippen molar-refractivity contribution in [2.75, 3.05) is 4.90 Å². The van der Waals surface area contributed by atoms with E-state index < -0.39 is 0 Å². The van der Waals surface area contributed by atoms with Crippen molar-refractivity contribution in [3.63, 3.8) is 0 Å². The van der Waals surface area contributed by atoms with Crippen LogP contribution in [-0.2, 0) is 0 Å². The SMILES string of the molecule is c1ccc(-c2cccc(N(c3ccc(-c4ccc5c(c4)c(-c4ccccc4)c(-c4ccccc4)c4ccccc45)cc3)c3ccc4c(c3)c3ccccc3n4-c3ccccc3)c2)cc1. The van der Waals surface area contributed by atoms with Gasteiger partial charge in [0.1, 0.15) is 0 Å². The summed E-state index contributed by atoms with van der Waals surface area (Å²) in [6.07, 6.45) is 0. The molecule has 0 amide bonds. The van der Waals surface area contributed by atoms with Gasteiger partial charge in [0.2, 0.25) is 0 Å². The van der Waals surface area contributed by atoms with Crippen molar-refractivity contribution in [2.45, 2.75) is 0 Å². The van der Waals surface area contributed by atoms with Gasteiger partial charge in [-0.2, -0.15) is 0 Å². The summed E-state index contributed by atoms with van der Waals surface area (Å²) in [6.45, 7) is 0. The molecular weight excluding hydrogens is 773 g/mol. The smallest absolute Gasteiger partial charge is 0.0542 e. The first-order valence-corrected chi connectivity index (χ1v) is 22.0. The Kier molecular flexibility index (Phi) is 9.20. The number of hydrogen-bond acceptors (Lipinski definition) is 1. The number of nitrogens with zero attached hydrogens (tertiary/aromatic N) is 2. The number of para-hydroxylation sites is 2. The van der Waals surface area contributed by atoms with Crippen LogP contribution < -0.4 is 4.90 Å². The summed E-state index contributed by atoms with van der Waals surface area (Å²) in [6, 6.07) is 92.6. The second-order valence-corrected chi connectivity index (χ2v) is 16.5. The van der Waals surface area contributed by atoms with E-state index in [1.807, 2.05) is 0 Å². The van der Waals surface area contributed by atoms with E-state index in [9.17, 15) is 0 Å². The van der Waals surface area contributed by atoms with Crippen LogP contribution in [0.2, 0.25) is 0 Å². The van der Waals surface area contributed by atoms with Gasteiger partial charge < -0.3 is 9.47 Å². The van der Waals surface area contributed by atoms with Gasteiger partial charge in [-0.3, -0.25) is 0 Å². The number of fused-ring (bicyclic) bond motifs is 6. The van der Waals surface area contributed by atoms with Crippen LogP contribution in [0.15, 0.2) is 255 Å². The Balaban J connectivity index is 1.03. The van der Waals surface area contributed by atoms with Crippen molar-refractivity contribution in [1.29, 1.82) is 0 Å². The van der Waals surface area contributed by atoms with Crippen LogP contribution in [0.25, 0.3) is 93.5 Å². The number of hydrogen-bond donors (Lipinski definition) is 0. The normalized spacial score (nSPS) is 11.4. The van der Waals surface area contributed by atoms with Gasteiger partial charge in [0, 0.05) is 33.5 Å². The fourth-order valence-corrected chi connectivity index (χ4v) is 9.84. The van der Waals surface area contributed by atoms with Crippen LogP contribution in [0.4, 0.5) is 17.1 Å². The van der Waals surface area contributed by atoms with Gasteiger partial charge >= 0.3 is 0 Å².